The van der Waals surface area contributed by atoms with Gasteiger partial charge in [-0.05, 0) is 98.4 Å². The molecule has 4 nitrogen and oxygen atoms in total. The fourth-order valence-corrected chi connectivity index (χ4v) is 4.92. The number of pyridine rings is 1. The number of carbonyl (C=O) groups is 1. The number of nitrogens with one attached hydrogen (secondary N) is 1. The van der Waals surface area contributed by atoms with Crippen LogP contribution in [0.3, 0.4) is 0 Å². The average molecular weight is 418 g/mol. The molecule has 31 heavy (non-hydrogen) atoms. The van der Waals surface area contributed by atoms with Gasteiger partial charge in [0.1, 0.15) is 0 Å². The van der Waals surface area contributed by atoms with Gasteiger partial charge in [0.15, 0.2) is 0 Å². The minimum absolute atomic E-state index is 0.0657. The van der Waals surface area contributed by atoms with Crippen molar-refractivity contribution >= 4 is 11.5 Å². The number of aryl methyl sites for hydroxylation is 1. The van der Waals surface area contributed by atoms with Crippen LogP contribution >= 0.6 is 0 Å². The number of amides is 1. The van der Waals surface area contributed by atoms with Gasteiger partial charge in [-0.15, -0.1) is 0 Å². The minimum Gasteiger partial charge on any atom is -0.349 e. The summed E-state index contributed by atoms with van der Waals surface area (Å²) in [5.41, 5.74) is 7.56. The van der Waals surface area contributed by atoms with Crippen LogP contribution in [0.2, 0.25) is 0 Å². The predicted molar refractivity (Wildman–Crippen MR) is 127 cm³/mol. The van der Waals surface area contributed by atoms with Crippen LogP contribution in [0.1, 0.15) is 73.0 Å². The first-order valence-corrected chi connectivity index (χ1v) is 11.7. The average Bonchev–Trinajstić information content (AvgIpc) is 2.78. The molecule has 1 aliphatic heterocycles. The molecule has 0 saturated carbocycles. The van der Waals surface area contributed by atoms with Crippen molar-refractivity contribution in [2.24, 2.45) is 5.92 Å². The standard InChI is InChI=1S/C27H35N3O/c1-19-4-5-20(2)25(16-19)26-17-23(7-6-21(26)3)27(31)29-24-10-14-30(15-11-24)18-22-8-12-28-13-9-22/h6-9,12-13,17,19,24H,4-5,10-11,14-16,18H2,1-3H3,(H,29,31). The van der Waals surface area contributed by atoms with E-state index in [1.807, 2.05) is 18.5 Å². The summed E-state index contributed by atoms with van der Waals surface area (Å²) < 4.78 is 0. The Morgan fingerprint density at radius 2 is 1.84 bits per heavy atom. The van der Waals surface area contributed by atoms with Crippen molar-refractivity contribution in [3.8, 4) is 0 Å². The Hall–Kier alpha value is -2.46. The zero-order valence-electron chi connectivity index (χ0n) is 19.2. The van der Waals surface area contributed by atoms with Gasteiger partial charge in [0.05, 0.1) is 0 Å². The Morgan fingerprint density at radius 1 is 1.10 bits per heavy atom. The maximum atomic E-state index is 13.0. The lowest BCUT2D eigenvalue weighted by molar-refractivity contribution is 0.0909. The van der Waals surface area contributed by atoms with Crippen molar-refractivity contribution in [2.75, 3.05) is 13.1 Å². The van der Waals surface area contributed by atoms with Gasteiger partial charge in [0.25, 0.3) is 5.91 Å². The number of likely N-dealkylation sites (tertiary alicyclic amines) is 1. The summed E-state index contributed by atoms with van der Waals surface area (Å²) in [6.07, 6.45) is 9.26. The molecule has 2 aromatic rings. The summed E-state index contributed by atoms with van der Waals surface area (Å²) in [5, 5.41) is 3.30. The molecule has 164 valence electrons. The summed E-state index contributed by atoms with van der Waals surface area (Å²) in [4.78, 5) is 19.6. The molecule has 1 aromatic heterocycles. The molecule has 1 saturated heterocycles. The van der Waals surface area contributed by atoms with Gasteiger partial charge in [-0.3, -0.25) is 14.7 Å². The summed E-state index contributed by atoms with van der Waals surface area (Å²) >= 11 is 0. The molecule has 1 N–H and O–H groups in total. The van der Waals surface area contributed by atoms with Gasteiger partial charge in [-0.2, -0.15) is 0 Å². The number of carbonyl (C=O) groups excluding carboxylic acids is 1. The van der Waals surface area contributed by atoms with Crippen LogP contribution in [-0.4, -0.2) is 34.9 Å². The Morgan fingerprint density at radius 3 is 2.58 bits per heavy atom. The van der Waals surface area contributed by atoms with Crippen molar-refractivity contribution in [1.29, 1.82) is 0 Å². The zero-order chi connectivity index (χ0) is 21.8. The molecule has 2 aliphatic rings. The molecule has 1 atom stereocenters. The van der Waals surface area contributed by atoms with Crippen molar-refractivity contribution in [2.45, 2.75) is 65.5 Å². The number of rotatable bonds is 5. The lowest BCUT2D eigenvalue weighted by Crippen LogP contribution is -2.44. The Kier molecular flexibility index (Phi) is 6.86. The molecule has 4 heteroatoms. The molecule has 0 radical (unpaired) electrons. The van der Waals surface area contributed by atoms with Crippen LogP contribution in [0, 0.1) is 12.8 Å². The van der Waals surface area contributed by atoms with E-state index in [-0.39, 0.29) is 11.9 Å². The van der Waals surface area contributed by atoms with Gasteiger partial charge < -0.3 is 5.32 Å². The molecule has 1 unspecified atom stereocenters. The van der Waals surface area contributed by atoms with E-state index in [1.165, 1.54) is 40.7 Å². The van der Waals surface area contributed by atoms with Crippen molar-refractivity contribution in [3.05, 3.63) is 70.6 Å². The fraction of sp³-hybridized carbons (Fsp3) is 0.481. The number of allylic oxidation sites excluding steroid dienone is 2. The highest BCUT2D eigenvalue weighted by molar-refractivity contribution is 5.95. The predicted octanol–water partition coefficient (Wildman–Crippen LogP) is 5.38. The van der Waals surface area contributed by atoms with E-state index in [0.717, 1.165) is 44.5 Å². The molecule has 4 rings (SSSR count). The number of hydrogen-bond donors (Lipinski definition) is 1. The van der Waals surface area contributed by atoms with E-state index in [9.17, 15) is 4.79 Å². The normalized spacial score (nSPS) is 20.7. The van der Waals surface area contributed by atoms with Gasteiger partial charge in [-0.1, -0.05) is 18.6 Å². The molecule has 0 spiro atoms. The second-order valence-corrected chi connectivity index (χ2v) is 9.52. The first kappa shape index (κ1) is 21.8. The summed E-state index contributed by atoms with van der Waals surface area (Å²) in [7, 11) is 0. The molecule has 1 fully saturated rings. The van der Waals surface area contributed by atoms with E-state index in [2.05, 4.69) is 60.2 Å². The third-order valence-electron chi connectivity index (χ3n) is 6.98. The van der Waals surface area contributed by atoms with Crippen molar-refractivity contribution < 1.29 is 4.79 Å². The van der Waals surface area contributed by atoms with Gasteiger partial charge >= 0.3 is 0 Å². The Labute approximate surface area is 186 Å². The van der Waals surface area contributed by atoms with E-state index < -0.39 is 0 Å². The summed E-state index contributed by atoms with van der Waals surface area (Å²) in [6.45, 7) is 9.73. The zero-order valence-corrected chi connectivity index (χ0v) is 19.2. The van der Waals surface area contributed by atoms with E-state index in [1.54, 1.807) is 0 Å². The first-order chi connectivity index (χ1) is 15.0. The molecular weight excluding hydrogens is 382 g/mol. The molecule has 2 heterocycles. The quantitative estimate of drug-likeness (QED) is 0.711. The maximum Gasteiger partial charge on any atom is 0.251 e. The van der Waals surface area contributed by atoms with Crippen molar-refractivity contribution in [3.63, 3.8) is 0 Å². The molecular formula is C27H35N3O. The van der Waals surface area contributed by atoms with Crippen LogP contribution in [0.25, 0.3) is 5.57 Å². The van der Waals surface area contributed by atoms with Crippen LogP contribution in [0.15, 0.2) is 48.3 Å². The number of piperidine rings is 1. The SMILES string of the molecule is CC1=C(c2cc(C(=O)NC3CCN(Cc4ccncc4)CC3)ccc2C)CC(C)CC1. The third kappa shape index (κ3) is 5.43. The molecule has 1 aromatic carbocycles. The lowest BCUT2D eigenvalue weighted by Gasteiger charge is -2.32. The highest BCUT2D eigenvalue weighted by Crippen LogP contribution is 2.36. The molecule has 0 bridgehead atoms. The highest BCUT2D eigenvalue weighted by atomic mass is 16.1. The monoisotopic (exact) mass is 417 g/mol. The number of benzene rings is 1. The topological polar surface area (TPSA) is 45.2 Å². The smallest absolute Gasteiger partial charge is 0.251 e. The summed E-state index contributed by atoms with van der Waals surface area (Å²) in [5.74, 6) is 0.781. The number of aromatic nitrogens is 1. The molecule has 1 aliphatic carbocycles. The Bertz CT molecular complexity index is 942. The van der Waals surface area contributed by atoms with Crippen LogP contribution in [-0.2, 0) is 6.54 Å². The van der Waals surface area contributed by atoms with Gasteiger partial charge in [0, 0.05) is 43.6 Å². The van der Waals surface area contributed by atoms with Crippen LogP contribution in [0.5, 0.6) is 0 Å². The third-order valence-corrected chi connectivity index (χ3v) is 6.98. The fourth-order valence-electron chi connectivity index (χ4n) is 4.92. The summed E-state index contributed by atoms with van der Waals surface area (Å²) in [6, 6.07) is 10.6. The number of nitrogens with zero attached hydrogens (tertiary/aromatic N) is 2. The maximum absolute atomic E-state index is 13.0. The number of hydrogen-bond acceptors (Lipinski definition) is 3. The van der Waals surface area contributed by atoms with E-state index in [4.69, 9.17) is 0 Å². The second kappa shape index (κ2) is 9.78. The highest BCUT2D eigenvalue weighted by Gasteiger charge is 2.23. The first-order valence-electron chi connectivity index (χ1n) is 11.7. The van der Waals surface area contributed by atoms with Gasteiger partial charge in [-0.25, -0.2) is 0 Å². The van der Waals surface area contributed by atoms with E-state index in [0.29, 0.717) is 5.92 Å². The van der Waals surface area contributed by atoms with Crippen LogP contribution in [0.4, 0.5) is 0 Å². The molecule has 1 amide bonds. The Balaban J connectivity index is 1.37. The van der Waals surface area contributed by atoms with Crippen LogP contribution < -0.4 is 5.32 Å². The van der Waals surface area contributed by atoms with Crippen molar-refractivity contribution in [1.82, 2.24) is 15.2 Å². The largest absolute Gasteiger partial charge is 0.349 e. The lowest BCUT2D eigenvalue weighted by atomic mass is 9.81. The van der Waals surface area contributed by atoms with Gasteiger partial charge in [0.2, 0.25) is 0 Å². The van der Waals surface area contributed by atoms with E-state index >= 15 is 0 Å². The second-order valence-electron chi connectivity index (χ2n) is 9.52. The minimum atomic E-state index is 0.0657.